The standard InChI is InChI=1S/C27H32N8O4/c1-32(2)25(37)21-11-17-13-29-26(31-23(17)35(21)18-5-3-4-6-18)30-22-10-7-16(12-28-22)24(36)33-14-19-8-9-20(15-33)34(19)27(38)39/h7,10-13,18-20H,3-6,8-9,14-15H2,1-2H3,(H,38,39)(H,28,29,30,31). The van der Waals surface area contributed by atoms with Crippen LogP contribution in [0.15, 0.2) is 30.6 Å². The van der Waals surface area contributed by atoms with Crippen LogP contribution in [0.2, 0.25) is 0 Å². The van der Waals surface area contributed by atoms with Crippen molar-refractivity contribution in [2.45, 2.75) is 56.7 Å². The first-order chi connectivity index (χ1) is 18.8. The van der Waals surface area contributed by atoms with Crippen molar-refractivity contribution in [1.82, 2.24) is 34.2 Å². The Labute approximate surface area is 225 Å². The lowest BCUT2D eigenvalue weighted by atomic mass is 10.1. The molecule has 2 N–H and O–H groups in total. The van der Waals surface area contributed by atoms with Gasteiger partial charge in [0.25, 0.3) is 11.8 Å². The van der Waals surface area contributed by atoms with Gasteiger partial charge in [0.1, 0.15) is 17.2 Å². The Morgan fingerprint density at radius 2 is 1.69 bits per heavy atom. The molecule has 39 heavy (non-hydrogen) atoms. The molecule has 2 unspecified atom stereocenters. The Hall–Kier alpha value is -4.22. The van der Waals surface area contributed by atoms with Gasteiger partial charge in [0.05, 0.1) is 17.6 Å². The van der Waals surface area contributed by atoms with Gasteiger partial charge in [-0.05, 0) is 43.9 Å². The van der Waals surface area contributed by atoms with E-state index in [-0.39, 0.29) is 29.9 Å². The number of aromatic nitrogens is 4. The molecule has 3 aliphatic rings. The molecule has 0 radical (unpaired) electrons. The van der Waals surface area contributed by atoms with Crippen LogP contribution in [0.4, 0.5) is 16.6 Å². The maximum Gasteiger partial charge on any atom is 0.407 e. The van der Waals surface area contributed by atoms with Crippen molar-refractivity contribution < 1.29 is 19.5 Å². The van der Waals surface area contributed by atoms with Gasteiger partial charge in [0, 0.05) is 51.0 Å². The molecule has 2 saturated heterocycles. The predicted molar refractivity (Wildman–Crippen MR) is 143 cm³/mol. The molecule has 12 heteroatoms. The van der Waals surface area contributed by atoms with E-state index >= 15 is 0 Å². The third kappa shape index (κ3) is 4.53. The van der Waals surface area contributed by atoms with Gasteiger partial charge in [-0.3, -0.25) is 14.5 Å². The Kier molecular flexibility index (Phi) is 6.32. The lowest BCUT2D eigenvalue weighted by molar-refractivity contribution is 0.0448. The summed E-state index contributed by atoms with van der Waals surface area (Å²) in [5.41, 5.74) is 1.78. The number of carboxylic acid groups (broad SMARTS) is 1. The van der Waals surface area contributed by atoms with E-state index in [1.807, 2.05) is 6.07 Å². The molecule has 204 valence electrons. The largest absolute Gasteiger partial charge is 0.465 e. The quantitative estimate of drug-likeness (QED) is 0.510. The molecule has 5 heterocycles. The van der Waals surface area contributed by atoms with Gasteiger partial charge in [0.15, 0.2) is 0 Å². The van der Waals surface area contributed by atoms with E-state index in [2.05, 4.69) is 19.9 Å². The minimum Gasteiger partial charge on any atom is -0.465 e. The summed E-state index contributed by atoms with van der Waals surface area (Å²) in [4.78, 5) is 56.0. The van der Waals surface area contributed by atoms with Crippen LogP contribution < -0.4 is 5.32 Å². The van der Waals surface area contributed by atoms with E-state index in [1.165, 1.54) is 11.1 Å². The fourth-order valence-electron chi connectivity index (χ4n) is 6.27. The van der Waals surface area contributed by atoms with E-state index in [0.717, 1.165) is 43.9 Å². The van der Waals surface area contributed by atoms with Gasteiger partial charge in [-0.15, -0.1) is 0 Å². The fraction of sp³-hybridized carbons (Fsp3) is 0.481. The Balaban J connectivity index is 1.20. The zero-order chi connectivity index (χ0) is 27.3. The average molecular weight is 533 g/mol. The number of anilines is 2. The third-order valence-corrected chi connectivity index (χ3v) is 8.13. The Morgan fingerprint density at radius 1 is 0.974 bits per heavy atom. The van der Waals surface area contributed by atoms with Crippen molar-refractivity contribution in [2.24, 2.45) is 0 Å². The molecular formula is C27H32N8O4. The van der Waals surface area contributed by atoms with E-state index < -0.39 is 6.09 Å². The highest BCUT2D eigenvalue weighted by atomic mass is 16.4. The third-order valence-electron chi connectivity index (χ3n) is 8.13. The van der Waals surface area contributed by atoms with Crippen molar-refractivity contribution in [3.8, 4) is 0 Å². The van der Waals surface area contributed by atoms with Crippen LogP contribution in [0.5, 0.6) is 0 Å². The van der Waals surface area contributed by atoms with Crippen LogP contribution in [0.1, 0.15) is 65.4 Å². The highest BCUT2D eigenvalue weighted by Crippen LogP contribution is 2.35. The van der Waals surface area contributed by atoms with Gasteiger partial charge in [0.2, 0.25) is 5.95 Å². The minimum absolute atomic E-state index is 0.0614. The maximum absolute atomic E-state index is 13.1. The first-order valence-electron chi connectivity index (χ1n) is 13.4. The van der Waals surface area contributed by atoms with E-state index in [1.54, 1.807) is 42.2 Å². The Bertz CT molecular complexity index is 1420. The summed E-state index contributed by atoms with van der Waals surface area (Å²) in [6, 6.07) is 5.20. The van der Waals surface area contributed by atoms with Gasteiger partial charge in [-0.2, -0.15) is 4.98 Å². The normalized spacial score (nSPS) is 21.0. The second kappa shape index (κ2) is 9.83. The highest BCUT2D eigenvalue weighted by molar-refractivity contribution is 5.98. The molecule has 2 atom stereocenters. The number of pyridine rings is 1. The summed E-state index contributed by atoms with van der Waals surface area (Å²) in [5, 5.41) is 13.4. The molecule has 3 aromatic heterocycles. The molecule has 2 aliphatic heterocycles. The van der Waals surface area contributed by atoms with Gasteiger partial charge in [-0.1, -0.05) is 12.8 Å². The zero-order valence-electron chi connectivity index (χ0n) is 22.1. The molecule has 0 spiro atoms. The SMILES string of the molecule is CN(C)C(=O)c1cc2cnc(Nc3ccc(C(=O)N4CC5CCC(C4)N5C(=O)O)cn3)nc2n1C1CCCC1. The lowest BCUT2D eigenvalue weighted by Crippen LogP contribution is -2.56. The van der Waals surface area contributed by atoms with Gasteiger partial charge < -0.3 is 24.8 Å². The molecule has 2 bridgehead atoms. The van der Waals surface area contributed by atoms with Crippen LogP contribution in [0, 0.1) is 0 Å². The summed E-state index contributed by atoms with van der Waals surface area (Å²) in [7, 11) is 3.50. The predicted octanol–water partition coefficient (Wildman–Crippen LogP) is 3.35. The van der Waals surface area contributed by atoms with Crippen molar-refractivity contribution in [3.63, 3.8) is 0 Å². The number of rotatable bonds is 5. The molecule has 1 aliphatic carbocycles. The number of nitrogens with one attached hydrogen (secondary N) is 1. The molecule has 6 rings (SSSR count). The first kappa shape index (κ1) is 25.1. The van der Waals surface area contributed by atoms with E-state index in [4.69, 9.17) is 4.98 Å². The molecule has 1 saturated carbocycles. The van der Waals surface area contributed by atoms with Crippen molar-refractivity contribution >= 4 is 40.7 Å². The summed E-state index contributed by atoms with van der Waals surface area (Å²) < 4.78 is 2.06. The summed E-state index contributed by atoms with van der Waals surface area (Å²) in [6.07, 6.45) is 8.14. The number of carbonyl (C=O) groups excluding carboxylic acids is 2. The van der Waals surface area contributed by atoms with Crippen molar-refractivity contribution in [3.05, 3.63) is 41.9 Å². The van der Waals surface area contributed by atoms with Crippen molar-refractivity contribution in [1.29, 1.82) is 0 Å². The number of piperazine rings is 1. The minimum atomic E-state index is -0.914. The zero-order valence-corrected chi connectivity index (χ0v) is 22.1. The average Bonchev–Trinajstić information content (AvgIpc) is 3.64. The molecule has 12 nitrogen and oxygen atoms in total. The van der Waals surface area contributed by atoms with Crippen LogP contribution in [0.25, 0.3) is 11.0 Å². The topological polar surface area (TPSA) is 137 Å². The number of hydrogen-bond acceptors (Lipinski definition) is 7. The number of carbonyl (C=O) groups is 3. The van der Waals surface area contributed by atoms with E-state index in [9.17, 15) is 19.5 Å². The highest BCUT2D eigenvalue weighted by Gasteiger charge is 2.44. The van der Waals surface area contributed by atoms with Crippen LogP contribution in [-0.2, 0) is 0 Å². The lowest BCUT2D eigenvalue weighted by Gasteiger charge is -2.39. The summed E-state index contributed by atoms with van der Waals surface area (Å²) >= 11 is 0. The number of amides is 3. The number of fused-ring (bicyclic) bond motifs is 3. The number of nitrogens with zero attached hydrogens (tertiary/aromatic N) is 7. The smallest absolute Gasteiger partial charge is 0.407 e. The second-order valence-electron chi connectivity index (χ2n) is 10.9. The first-order valence-corrected chi connectivity index (χ1v) is 13.4. The summed E-state index contributed by atoms with van der Waals surface area (Å²) in [6.45, 7) is 0.795. The van der Waals surface area contributed by atoms with Gasteiger partial charge in [-0.25, -0.2) is 14.8 Å². The van der Waals surface area contributed by atoms with Crippen LogP contribution in [-0.4, -0.2) is 96.5 Å². The monoisotopic (exact) mass is 532 g/mol. The van der Waals surface area contributed by atoms with Crippen LogP contribution >= 0.6 is 0 Å². The van der Waals surface area contributed by atoms with Crippen molar-refractivity contribution in [2.75, 3.05) is 32.5 Å². The molecular weight excluding hydrogens is 500 g/mol. The fourth-order valence-corrected chi connectivity index (χ4v) is 6.27. The van der Waals surface area contributed by atoms with Crippen LogP contribution in [0.3, 0.4) is 0 Å². The van der Waals surface area contributed by atoms with E-state index in [0.29, 0.717) is 41.8 Å². The Morgan fingerprint density at radius 3 is 2.31 bits per heavy atom. The number of hydrogen-bond donors (Lipinski definition) is 2. The molecule has 3 aromatic rings. The molecule has 3 amide bonds. The number of likely N-dealkylation sites (tertiary alicyclic amines) is 1. The molecule has 0 aromatic carbocycles. The van der Waals surface area contributed by atoms with Gasteiger partial charge >= 0.3 is 6.09 Å². The second-order valence-corrected chi connectivity index (χ2v) is 10.9. The molecule has 3 fully saturated rings. The summed E-state index contributed by atoms with van der Waals surface area (Å²) in [5.74, 6) is 0.636. The maximum atomic E-state index is 13.1.